The Bertz CT molecular complexity index is 164. The fourth-order valence-electron chi connectivity index (χ4n) is 2.51. The molecule has 0 aliphatic heterocycles. The van der Waals surface area contributed by atoms with Crippen molar-refractivity contribution >= 4 is 0 Å². The molecule has 1 fully saturated rings. The van der Waals surface area contributed by atoms with E-state index in [1.807, 2.05) is 7.11 Å². The largest absolute Gasteiger partial charge is 0.380 e. The van der Waals surface area contributed by atoms with Gasteiger partial charge in [-0.25, -0.2) is 0 Å². The highest BCUT2D eigenvalue weighted by atomic mass is 16.5. The van der Waals surface area contributed by atoms with Crippen molar-refractivity contribution in [3.63, 3.8) is 0 Å². The first-order chi connectivity index (χ1) is 7.26. The lowest BCUT2D eigenvalue weighted by Gasteiger charge is -2.28. The van der Waals surface area contributed by atoms with Crippen molar-refractivity contribution in [2.45, 2.75) is 58.1 Å². The molecule has 0 saturated heterocycles. The molecule has 1 saturated carbocycles. The highest BCUT2D eigenvalue weighted by molar-refractivity contribution is 4.90. The molecule has 2 unspecified atom stereocenters. The molecule has 2 heteroatoms. The topological polar surface area (TPSA) is 21.3 Å². The molecule has 0 radical (unpaired) electrons. The van der Waals surface area contributed by atoms with Crippen LogP contribution in [0.3, 0.4) is 0 Å². The Hall–Kier alpha value is -0.0800. The summed E-state index contributed by atoms with van der Waals surface area (Å²) in [6, 6.07) is 0.549. The van der Waals surface area contributed by atoms with Gasteiger partial charge in [0.25, 0.3) is 0 Å². The summed E-state index contributed by atoms with van der Waals surface area (Å²) in [5, 5.41) is 3.45. The first-order valence-electron chi connectivity index (χ1n) is 6.46. The summed E-state index contributed by atoms with van der Waals surface area (Å²) >= 11 is 0. The first kappa shape index (κ1) is 13.0. The van der Waals surface area contributed by atoms with Crippen LogP contribution in [0.4, 0.5) is 0 Å². The van der Waals surface area contributed by atoms with E-state index in [0.29, 0.717) is 12.1 Å². The fraction of sp³-hybridized carbons (Fsp3) is 1.00. The van der Waals surface area contributed by atoms with Gasteiger partial charge in [0.15, 0.2) is 0 Å². The number of nitrogens with one attached hydrogen (secondary N) is 1. The molecule has 0 aromatic rings. The normalized spacial score (nSPS) is 20.6. The Morgan fingerprint density at radius 1 is 1.27 bits per heavy atom. The van der Waals surface area contributed by atoms with E-state index in [-0.39, 0.29) is 0 Å². The minimum absolute atomic E-state index is 0.440. The maximum Gasteiger partial charge on any atom is 0.0752 e. The molecule has 1 aliphatic rings. The Morgan fingerprint density at radius 3 is 2.20 bits per heavy atom. The molecule has 0 heterocycles. The third-order valence-corrected chi connectivity index (χ3v) is 3.87. The lowest BCUT2D eigenvalue weighted by atomic mass is 9.91. The molecule has 90 valence electrons. The van der Waals surface area contributed by atoms with Gasteiger partial charge in [0.1, 0.15) is 0 Å². The van der Waals surface area contributed by atoms with E-state index in [4.69, 9.17) is 4.74 Å². The van der Waals surface area contributed by atoms with Crippen LogP contribution in [0.1, 0.15) is 46.0 Å². The van der Waals surface area contributed by atoms with Crippen molar-refractivity contribution in [2.24, 2.45) is 11.8 Å². The summed E-state index contributed by atoms with van der Waals surface area (Å²) < 4.78 is 5.65. The molecule has 15 heavy (non-hydrogen) atoms. The molecule has 1 N–H and O–H groups in total. The fourth-order valence-corrected chi connectivity index (χ4v) is 2.51. The zero-order chi connectivity index (χ0) is 11.3. The van der Waals surface area contributed by atoms with Crippen LogP contribution in [0.25, 0.3) is 0 Å². The predicted molar refractivity (Wildman–Crippen MR) is 65.1 cm³/mol. The highest BCUT2D eigenvalue weighted by Gasteiger charge is 2.36. The maximum absolute atomic E-state index is 5.65. The van der Waals surface area contributed by atoms with Crippen LogP contribution in [-0.4, -0.2) is 26.3 Å². The molecule has 0 spiro atoms. The van der Waals surface area contributed by atoms with Gasteiger partial charge in [-0.2, -0.15) is 0 Å². The third-order valence-electron chi connectivity index (χ3n) is 3.87. The van der Waals surface area contributed by atoms with E-state index >= 15 is 0 Å². The van der Waals surface area contributed by atoms with Gasteiger partial charge in [0.2, 0.25) is 0 Å². The molecule has 1 rings (SSSR count). The van der Waals surface area contributed by atoms with Crippen molar-refractivity contribution < 1.29 is 4.74 Å². The Labute approximate surface area is 94.8 Å². The minimum Gasteiger partial charge on any atom is -0.380 e. The van der Waals surface area contributed by atoms with Gasteiger partial charge in [0, 0.05) is 13.2 Å². The van der Waals surface area contributed by atoms with Gasteiger partial charge in [-0.3, -0.25) is 0 Å². The number of hydrogen-bond donors (Lipinski definition) is 1. The van der Waals surface area contributed by atoms with Gasteiger partial charge >= 0.3 is 0 Å². The van der Waals surface area contributed by atoms with Crippen LogP contribution in [0, 0.1) is 11.8 Å². The standard InChI is InChI=1S/C13H27NO/c1-5-10(6-2)9-12(14-3)13(15-4)11-7-8-11/h10-14H,5-9H2,1-4H3. The van der Waals surface area contributed by atoms with Crippen LogP contribution >= 0.6 is 0 Å². The zero-order valence-electron chi connectivity index (χ0n) is 10.8. The van der Waals surface area contributed by atoms with Crippen molar-refractivity contribution in [3.8, 4) is 0 Å². The second kappa shape index (κ2) is 6.49. The summed E-state index contributed by atoms with van der Waals surface area (Å²) in [6.07, 6.45) is 7.00. The van der Waals surface area contributed by atoms with E-state index in [1.54, 1.807) is 0 Å². The summed E-state index contributed by atoms with van der Waals surface area (Å²) in [5.74, 6) is 1.67. The van der Waals surface area contributed by atoms with Crippen LogP contribution in [0.5, 0.6) is 0 Å². The van der Waals surface area contributed by atoms with Gasteiger partial charge < -0.3 is 10.1 Å². The summed E-state index contributed by atoms with van der Waals surface area (Å²) in [4.78, 5) is 0. The highest BCUT2D eigenvalue weighted by Crippen LogP contribution is 2.37. The average molecular weight is 213 g/mol. The number of likely N-dealkylation sites (N-methyl/N-ethyl adjacent to an activating group) is 1. The lowest BCUT2D eigenvalue weighted by molar-refractivity contribution is 0.0450. The molecule has 0 aromatic carbocycles. The monoisotopic (exact) mass is 213 g/mol. The van der Waals surface area contributed by atoms with E-state index in [9.17, 15) is 0 Å². The van der Waals surface area contributed by atoms with Crippen molar-refractivity contribution in [2.75, 3.05) is 14.2 Å². The zero-order valence-corrected chi connectivity index (χ0v) is 10.8. The van der Waals surface area contributed by atoms with E-state index in [2.05, 4.69) is 26.2 Å². The van der Waals surface area contributed by atoms with Gasteiger partial charge in [0.05, 0.1) is 6.10 Å². The molecular weight excluding hydrogens is 186 g/mol. The van der Waals surface area contributed by atoms with Gasteiger partial charge in [-0.1, -0.05) is 26.7 Å². The Balaban J connectivity index is 2.44. The summed E-state index contributed by atoms with van der Waals surface area (Å²) in [7, 11) is 3.93. The molecule has 0 amide bonds. The van der Waals surface area contributed by atoms with E-state index in [0.717, 1.165) is 11.8 Å². The Kier molecular flexibility index (Phi) is 5.62. The number of methoxy groups -OCH3 is 1. The van der Waals surface area contributed by atoms with Crippen LogP contribution in [-0.2, 0) is 4.74 Å². The molecular formula is C13H27NO. The second-order valence-electron chi connectivity index (χ2n) is 4.85. The van der Waals surface area contributed by atoms with E-state index in [1.165, 1.54) is 32.1 Å². The van der Waals surface area contributed by atoms with E-state index < -0.39 is 0 Å². The summed E-state index contributed by atoms with van der Waals surface area (Å²) in [6.45, 7) is 4.58. The predicted octanol–water partition coefficient (Wildman–Crippen LogP) is 2.83. The second-order valence-corrected chi connectivity index (χ2v) is 4.85. The quantitative estimate of drug-likeness (QED) is 0.669. The maximum atomic E-state index is 5.65. The first-order valence-corrected chi connectivity index (χ1v) is 6.46. The van der Waals surface area contributed by atoms with Gasteiger partial charge in [-0.05, 0) is 38.1 Å². The van der Waals surface area contributed by atoms with Gasteiger partial charge in [-0.15, -0.1) is 0 Å². The number of hydrogen-bond acceptors (Lipinski definition) is 2. The lowest BCUT2D eigenvalue weighted by Crippen LogP contribution is -2.41. The smallest absolute Gasteiger partial charge is 0.0752 e. The number of rotatable bonds is 8. The van der Waals surface area contributed by atoms with Crippen LogP contribution in [0.2, 0.25) is 0 Å². The van der Waals surface area contributed by atoms with Crippen molar-refractivity contribution in [3.05, 3.63) is 0 Å². The Morgan fingerprint density at radius 2 is 1.87 bits per heavy atom. The third kappa shape index (κ3) is 3.76. The van der Waals surface area contributed by atoms with Crippen molar-refractivity contribution in [1.29, 1.82) is 0 Å². The SMILES string of the molecule is CCC(CC)CC(NC)C(OC)C1CC1. The van der Waals surface area contributed by atoms with Crippen LogP contribution in [0.15, 0.2) is 0 Å². The minimum atomic E-state index is 0.440. The van der Waals surface area contributed by atoms with Crippen molar-refractivity contribution in [1.82, 2.24) is 5.32 Å². The molecule has 0 aromatic heterocycles. The number of ether oxygens (including phenoxy) is 1. The van der Waals surface area contributed by atoms with Crippen LogP contribution < -0.4 is 5.32 Å². The molecule has 2 atom stereocenters. The molecule has 2 nitrogen and oxygen atoms in total. The molecule has 0 bridgehead atoms. The molecule has 1 aliphatic carbocycles. The summed E-state index contributed by atoms with van der Waals surface area (Å²) in [5.41, 5.74) is 0. The average Bonchev–Trinajstić information content (AvgIpc) is 3.08.